The molecule has 0 saturated carbocycles. The van der Waals surface area contributed by atoms with Crippen LogP contribution in [0, 0.1) is 12.7 Å². The molecule has 1 fully saturated rings. The molecule has 6 nitrogen and oxygen atoms in total. The summed E-state index contributed by atoms with van der Waals surface area (Å²) in [5.41, 5.74) is 1.10. The molecular formula is C19H23ClFN3O3S. The molecule has 0 aliphatic carbocycles. The second kappa shape index (κ2) is 8.89. The lowest BCUT2D eigenvalue weighted by Gasteiger charge is -2.34. The smallest absolute Gasteiger partial charge is 0.262 e. The summed E-state index contributed by atoms with van der Waals surface area (Å²) < 4.78 is 41.0. The molecule has 1 amide bonds. The van der Waals surface area contributed by atoms with Crippen LogP contribution >= 0.6 is 12.4 Å². The van der Waals surface area contributed by atoms with Crippen molar-refractivity contribution in [3.63, 3.8) is 0 Å². The molecule has 2 aromatic rings. The quantitative estimate of drug-likeness (QED) is 0.786. The van der Waals surface area contributed by atoms with Crippen LogP contribution < -0.4 is 10.0 Å². The van der Waals surface area contributed by atoms with E-state index in [9.17, 15) is 17.6 Å². The summed E-state index contributed by atoms with van der Waals surface area (Å²) >= 11 is 0. The highest BCUT2D eigenvalue weighted by molar-refractivity contribution is 7.92. The van der Waals surface area contributed by atoms with Crippen LogP contribution in [0.1, 0.15) is 22.8 Å². The van der Waals surface area contributed by atoms with Crippen LogP contribution in [0.25, 0.3) is 0 Å². The number of nitrogens with zero attached hydrogens (tertiary/aromatic N) is 1. The van der Waals surface area contributed by atoms with Gasteiger partial charge in [-0.15, -0.1) is 12.4 Å². The van der Waals surface area contributed by atoms with Crippen LogP contribution in [0.3, 0.4) is 0 Å². The van der Waals surface area contributed by atoms with Gasteiger partial charge in [-0.2, -0.15) is 0 Å². The van der Waals surface area contributed by atoms with E-state index in [1.807, 2.05) is 6.92 Å². The second-order valence-corrected chi connectivity index (χ2v) is 8.30. The van der Waals surface area contributed by atoms with Crippen molar-refractivity contribution in [3.05, 3.63) is 59.4 Å². The zero-order chi connectivity index (χ0) is 19.6. The highest BCUT2D eigenvalue weighted by atomic mass is 35.5. The lowest BCUT2D eigenvalue weighted by atomic mass is 10.1. The Bertz CT molecular complexity index is 951. The number of hydrogen-bond acceptors (Lipinski definition) is 4. The van der Waals surface area contributed by atoms with Gasteiger partial charge in [0.2, 0.25) is 0 Å². The highest BCUT2D eigenvalue weighted by Gasteiger charge is 2.26. The van der Waals surface area contributed by atoms with Crippen LogP contribution in [0.4, 0.5) is 10.1 Å². The summed E-state index contributed by atoms with van der Waals surface area (Å²) in [7, 11) is -3.91. The first-order valence-corrected chi connectivity index (χ1v) is 10.2. The lowest BCUT2D eigenvalue weighted by Crippen LogP contribution is -2.52. The van der Waals surface area contributed by atoms with E-state index < -0.39 is 15.8 Å². The first kappa shape index (κ1) is 22.1. The van der Waals surface area contributed by atoms with Crippen molar-refractivity contribution in [2.75, 3.05) is 24.4 Å². The molecule has 1 heterocycles. The number of piperazine rings is 1. The van der Waals surface area contributed by atoms with E-state index in [1.165, 1.54) is 30.3 Å². The van der Waals surface area contributed by atoms with Crippen molar-refractivity contribution < 1.29 is 17.6 Å². The number of amides is 1. The van der Waals surface area contributed by atoms with Gasteiger partial charge in [0.25, 0.3) is 15.9 Å². The number of carbonyl (C=O) groups excluding carboxylic acids is 1. The minimum Gasteiger partial charge on any atom is -0.333 e. The van der Waals surface area contributed by atoms with Gasteiger partial charge >= 0.3 is 0 Å². The van der Waals surface area contributed by atoms with Crippen molar-refractivity contribution in [1.82, 2.24) is 10.2 Å². The minimum absolute atomic E-state index is 0. The van der Waals surface area contributed by atoms with Gasteiger partial charge in [0.05, 0.1) is 4.90 Å². The van der Waals surface area contributed by atoms with E-state index in [0.717, 1.165) is 0 Å². The molecule has 0 spiro atoms. The predicted molar refractivity (Wildman–Crippen MR) is 109 cm³/mol. The molecule has 0 unspecified atom stereocenters. The summed E-state index contributed by atoms with van der Waals surface area (Å²) in [4.78, 5) is 14.6. The first-order chi connectivity index (χ1) is 12.8. The van der Waals surface area contributed by atoms with E-state index >= 15 is 0 Å². The Morgan fingerprint density at radius 3 is 2.54 bits per heavy atom. The van der Waals surface area contributed by atoms with Gasteiger partial charge < -0.3 is 10.2 Å². The molecule has 152 valence electrons. The Kier molecular flexibility index (Phi) is 7.03. The van der Waals surface area contributed by atoms with Crippen LogP contribution in [0.15, 0.2) is 47.4 Å². The fraction of sp³-hybridized carbons (Fsp3) is 0.316. The zero-order valence-electron chi connectivity index (χ0n) is 15.6. The predicted octanol–water partition coefficient (Wildman–Crippen LogP) is 2.79. The average Bonchev–Trinajstić information content (AvgIpc) is 2.63. The molecule has 1 saturated heterocycles. The van der Waals surface area contributed by atoms with Crippen LogP contribution in [0.2, 0.25) is 0 Å². The van der Waals surface area contributed by atoms with E-state index in [2.05, 4.69) is 10.0 Å². The Morgan fingerprint density at radius 2 is 1.89 bits per heavy atom. The van der Waals surface area contributed by atoms with E-state index in [-0.39, 0.29) is 34.9 Å². The number of nitrogens with one attached hydrogen (secondary N) is 2. The molecule has 1 aliphatic heterocycles. The maximum Gasteiger partial charge on any atom is 0.262 e. The highest BCUT2D eigenvalue weighted by Crippen LogP contribution is 2.22. The normalized spacial score (nSPS) is 17.0. The van der Waals surface area contributed by atoms with Gasteiger partial charge in [-0.25, -0.2) is 12.8 Å². The Hall–Kier alpha value is -2.16. The molecule has 28 heavy (non-hydrogen) atoms. The topological polar surface area (TPSA) is 78.5 Å². The van der Waals surface area contributed by atoms with Crippen molar-refractivity contribution in [2.45, 2.75) is 24.8 Å². The molecule has 9 heteroatoms. The fourth-order valence-corrected chi connectivity index (χ4v) is 4.39. The summed E-state index contributed by atoms with van der Waals surface area (Å²) in [6.07, 6.45) is 0. The van der Waals surface area contributed by atoms with Gasteiger partial charge in [0.15, 0.2) is 0 Å². The number of anilines is 1. The standard InChI is InChI=1S/C19H22FN3O3S.ClH/c1-13-3-4-15(19(24)23-10-9-21-12-14(23)2)11-18(13)27(25,26)22-17-7-5-16(20)6-8-17;/h3-8,11,14,21-22H,9-10,12H2,1-2H3;1H/t14-;/m1./s1. The molecule has 0 aromatic heterocycles. The van der Waals surface area contributed by atoms with Crippen LogP contribution in [0.5, 0.6) is 0 Å². The molecule has 3 rings (SSSR count). The summed E-state index contributed by atoms with van der Waals surface area (Å²) in [5.74, 6) is -0.644. The number of benzene rings is 2. The van der Waals surface area contributed by atoms with E-state index in [1.54, 1.807) is 24.0 Å². The van der Waals surface area contributed by atoms with E-state index in [0.29, 0.717) is 30.8 Å². The number of rotatable bonds is 4. The molecule has 0 bridgehead atoms. The monoisotopic (exact) mass is 427 g/mol. The van der Waals surface area contributed by atoms with Gasteiger partial charge in [-0.3, -0.25) is 9.52 Å². The number of hydrogen-bond donors (Lipinski definition) is 2. The third kappa shape index (κ3) is 4.81. The van der Waals surface area contributed by atoms with Crippen molar-refractivity contribution >= 4 is 34.0 Å². The number of aryl methyl sites for hydroxylation is 1. The summed E-state index contributed by atoms with van der Waals surface area (Å²) in [6.45, 7) is 5.60. The molecule has 0 radical (unpaired) electrons. The Labute approximate surface area is 170 Å². The maximum atomic E-state index is 13.0. The number of sulfonamides is 1. The average molecular weight is 428 g/mol. The van der Waals surface area contributed by atoms with Crippen molar-refractivity contribution in [3.8, 4) is 0 Å². The molecule has 2 N–H and O–H groups in total. The number of halogens is 2. The SMILES string of the molecule is Cc1ccc(C(=O)N2CCNC[C@H]2C)cc1S(=O)(=O)Nc1ccc(F)cc1.Cl. The van der Waals surface area contributed by atoms with Crippen LogP contribution in [-0.2, 0) is 10.0 Å². The van der Waals surface area contributed by atoms with Gasteiger partial charge in [-0.1, -0.05) is 6.07 Å². The summed E-state index contributed by atoms with van der Waals surface area (Å²) in [6, 6.07) is 9.75. The molecular weight excluding hydrogens is 405 g/mol. The zero-order valence-corrected chi connectivity index (χ0v) is 17.2. The Morgan fingerprint density at radius 1 is 1.21 bits per heavy atom. The van der Waals surface area contributed by atoms with E-state index in [4.69, 9.17) is 0 Å². The van der Waals surface area contributed by atoms with Crippen molar-refractivity contribution in [2.24, 2.45) is 0 Å². The van der Waals surface area contributed by atoms with Gasteiger partial charge in [0, 0.05) is 36.9 Å². The van der Waals surface area contributed by atoms with Gasteiger partial charge in [0.1, 0.15) is 5.82 Å². The molecule has 1 atom stereocenters. The third-order valence-corrected chi connectivity index (χ3v) is 6.11. The van der Waals surface area contributed by atoms with Crippen molar-refractivity contribution in [1.29, 1.82) is 0 Å². The maximum absolute atomic E-state index is 13.0. The first-order valence-electron chi connectivity index (χ1n) is 8.68. The molecule has 1 aliphatic rings. The number of carbonyl (C=O) groups is 1. The van der Waals surface area contributed by atoms with Crippen LogP contribution in [-0.4, -0.2) is 44.9 Å². The summed E-state index contributed by atoms with van der Waals surface area (Å²) in [5, 5.41) is 3.22. The Balaban J connectivity index is 0.00000280. The molecule has 2 aromatic carbocycles. The minimum atomic E-state index is -3.91. The second-order valence-electron chi connectivity index (χ2n) is 6.64. The lowest BCUT2D eigenvalue weighted by molar-refractivity contribution is 0.0655. The fourth-order valence-electron chi connectivity index (χ4n) is 3.06. The van der Waals surface area contributed by atoms with Gasteiger partial charge in [-0.05, 0) is 55.8 Å². The third-order valence-electron chi connectivity index (χ3n) is 4.58. The largest absolute Gasteiger partial charge is 0.333 e.